The Balaban J connectivity index is 2.07. The molecular formula is C15H28F2N2. The van der Waals surface area contributed by atoms with Crippen LogP contribution in [0.1, 0.15) is 48.0 Å². The number of alkyl halides is 2. The van der Waals surface area contributed by atoms with Gasteiger partial charge in [0.25, 0.3) is 5.92 Å². The lowest BCUT2D eigenvalue weighted by molar-refractivity contribution is -0.245. The van der Waals surface area contributed by atoms with Gasteiger partial charge in [-0.15, -0.1) is 0 Å². The summed E-state index contributed by atoms with van der Waals surface area (Å²) in [5, 5.41) is 0. The van der Waals surface area contributed by atoms with E-state index in [9.17, 15) is 8.78 Å². The Morgan fingerprint density at radius 2 is 1.26 bits per heavy atom. The van der Waals surface area contributed by atoms with E-state index in [0.29, 0.717) is 19.5 Å². The van der Waals surface area contributed by atoms with Gasteiger partial charge in [-0.2, -0.15) is 0 Å². The maximum Gasteiger partial charge on any atom is 0.268 e. The first kappa shape index (κ1) is 15.2. The zero-order valence-corrected chi connectivity index (χ0v) is 13.2. The average Bonchev–Trinajstić information content (AvgIpc) is 2.09. The van der Waals surface area contributed by atoms with E-state index in [4.69, 9.17) is 0 Å². The summed E-state index contributed by atoms with van der Waals surface area (Å²) in [5.41, 5.74) is -0.941. The molecule has 0 saturated carbocycles. The molecule has 2 rings (SSSR count). The Labute approximate surface area is 116 Å². The minimum atomic E-state index is -2.57. The van der Waals surface area contributed by atoms with Gasteiger partial charge < -0.3 is 0 Å². The molecule has 2 fully saturated rings. The van der Waals surface area contributed by atoms with Crippen LogP contribution in [-0.4, -0.2) is 53.0 Å². The third kappa shape index (κ3) is 2.54. The van der Waals surface area contributed by atoms with Crippen molar-refractivity contribution in [3.8, 4) is 0 Å². The van der Waals surface area contributed by atoms with Gasteiger partial charge in [-0.05, 0) is 54.5 Å². The highest BCUT2D eigenvalue weighted by Crippen LogP contribution is 2.52. The molecule has 112 valence electrons. The van der Waals surface area contributed by atoms with Gasteiger partial charge in [0.1, 0.15) is 0 Å². The van der Waals surface area contributed by atoms with Crippen LogP contribution in [0.4, 0.5) is 8.78 Å². The Hall–Kier alpha value is -0.220. The van der Waals surface area contributed by atoms with E-state index in [1.165, 1.54) is 0 Å². The molecule has 0 atom stereocenters. The first-order valence-electron chi connectivity index (χ1n) is 7.25. The first-order valence-corrected chi connectivity index (χ1v) is 7.25. The summed E-state index contributed by atoms with van der Waals surface area (Å²) in [6, 6.07) is 0. The molecule has 2 aliphatic rings. The maximum atomic E-state index is 14.6. The van der Waals surface area contributed by atoms with Crippen LogP contribution in [0.3, 0.4) is 0 Å². The second-order valence-corrected chi connectivity index (χ2v) is 8.35. The van der Waals surface area contributed by atoms with E-state index in [-0.39, 0.29) is 17.6 Å². The minimum Gasteiger partial charge on any atom is -0.297 e. The van der Waals surface area contributed by atoms with E-state index < -0.39 is 11.3 Å². The third-order valence-electron chi connectivity index (χ3n) is 4.91. The van der Waals surface area contributed by atoms with Crippen molar-refractivity contribution in [2.75, 3.05) is 26.2 Å². The molecule has 2 saturated heterocycles. The van der Waals surface area contributed by atoms with Gasteiger partial charge in [0.05, 0.1) is 12.0 Å². The average molecular weight is 274 g/mol. The number of hydrogen-bond donors (Lipinski definition) is 0. The summed E-state index contributed by atoms with van der Waals surface area (Å²) in [7, 11) is 0. The van der Waals surface area contributed by atoms with E-state index in [1.54, 1.807) is 0 Å². The lowest BCUT2D eigenvalue weighted by atomic mass is 9.67. The van der Waals surface area contributed by atoms with E-state index >= 15 is 0 Å². The predicted molar refractivity (Wildman–Crippen MR) is 74.6 cm³/mol. The minimum absolute atomic E-state index is 0.00247. The molecule has 2 heterocycles. The summed E-state index contributed by atoms with van der Waals surface area (Å²) in [6.07, 6.45) is 0.615. The summed E-state index contributed by atoms with van der Waals surface area (Å²) >= 11 is 0. The van der Waals surface area contributed by atoms with Gasteiger partial charge in [0.15, 0.2) is 0 Å². The first-order chi connectivity index (χ1) is 8.37. The zero-order chi connectivity index (χ0) is 14.7. The number of halogens is 2. The number of nitrogens with zero attached hydrogens (tertiary/aromatic N) is 2. The molecule has 0 aromatic rings. The SMILES string of the molecule is CC(C)(C)N1CCC2(CN(C(C)(C)C)C2)C(F)(F)C1. The van der Waals surface area contributed by atoms with E-state index in [0.717, 1.165) is 6.54 Å². The normalized spacial score (nSPS) is 28.4. The Morgan fingerprint density at radius 1 is 0.789 bits per heavy atom. The fourth-order valence-corrected chi connectivity index (χ4v) is 3.14. The molecular weight excluding hydrogens is 246 g/mol. The quantitative estimate of drug-likeness (QED) is 0.669. The summed E-state index contributed by atoms with van der Waals surface area (Å²) < 4.78 is 29.2. The van der Waals surface area contributed by atoms with Crippen LogP contribution in [0.2, 0.25) is 0 Å². The molecule has 4 heteroatoms. The number of piperidine rings is 1. The molecule has 0 aromatic heterocycles. The van der Waals surface area contributed by atoms with Crippen LogP contribution in [0, 0.1) is 5.41 Å². The molecule has 2 aliphatic heterocycles. The standard InChI is InChI=1S/C15H28F2N2/c1-12(2,3)18-8-7-14(15(16,17)11-18)9-19(10-14)13(4,5)6/h7-11H2,1-6H3. The smallest absolute Gasteiger partial charge is 0.268 e. The maximum absolute atomic E-state index is 14.6. The van der Waals surface area contributed by atoms with Crippen molar-refractivity contribution in [1.29, 1.82) is 0 Å². The van der Waals surface area contributed by atoms with Crippen molar-refractivity contribution in [3.05, 3.63) is 0 Å². The molecule has 0 unspecified atom stereocenters. The second-order valence-electron chi connectivity index (χ2n) is 8.35. The van der Waals surface area contributed by atoms with Gasteiger partial charge in [0.2, 0.25) is 0 Å². The molecule has 2 nitrogen and oxygen atoms in total. The Bertz CT molecular complexity index is 346. The predicted octanol–water partition coefficient (Wildman–Crippen LogP) is 3.23. The van der Waals surface area contributed by atoms with Gasteiger partial charge >= 0.3 is 0 Å². The molecule has 0 aliphatic carbocycles. The van der Waals surface area contributed by atoms with Crippen molar-refractivity contribution in [3.63, 3.8) is 0 Å². The second kappa shape index (κ2) is 4.14. The topological polar surface area (TPSA) is 6.48 Å². The number of rotatable bonds is 0. The monoisotopic (exact) mass is 274 g/mol. The largest absolute Gasteiger partial charge is 0.297 e. The van der Waals surface area contributed by atoms with Crippen molar-refractivity contribution < 1.29 is 8.78 Å². The van der Waals surface area contributed by atoms with Gasteiger partial charge in [-0.25, -0.2) is 8.78 Å². The van der Waals surface area contributed by atoms with Crippen LogP contribution in [0.5, 0.6) is 0 Å². The molecule has 0 aromatic carbocycles. The summed E-state index contributed by atoms with van der Waals surface area (Å²) in [4.78, 5) is 4.10. The summed E-state index contributed by atoms with van der Waals surface area (Å²) in [5.74, 6) is -2.57. The Morgan fingerprint density at radius 3 is 1.63 bits per heavy atom. The molecule has 0 radical (unpaired) electrons. The van der Waals surface area contributed by atoms with Gasteiger partial charge in [-0.1, -0.05) is 0 Å². The number of likely N-dealkylation sites (tertiary alicyclic amines) is 2. The molecule has 1 spiro atoms. The van der Waals surface area contributed by atoms with Crippen LogP contribution < -0.4 is 0 Å². The third-order valence-corrected chi connectivity index (χ3v) is 4.91. The molecule has 0 N–H and O–H groups in total. The highest BCUT2D eigenvalue weighted by Gasteiger charge is 2.64. The van der Waals surface area contributed by atoms with Gasteiger partial charge in [-0.3, -0.25) is 9.80 Å². The molecule has 0 bridgehead atoms. The van der Waals surface area contributed by atoms with Crippen LogP contribution in [0.15, 0.2) is 0 Å². The van der Waals surface area contributed by atoms with Crippen molar-refractivity contribution in [1.82, 2.24) is 9.80 Å². The van der Waals surface area contributed by atoms with Crippen molar-refractivity contribution in [2.24, 2.45) is 5.41 Å². The zero-order valence-electron chi connectivity index (χ0n) is 13.2. The lowest BCUT2D eigenvalue weighted by Gasteiger charge is -2.62. The summed E-state index contributed by atoms with van der Waals surface area (Å²) in [6.45, 7) is 14.1. The van der Waals surface area contributed by atoms with Crippen LogP contribution in [0.25, 0.3) is 0 Å². The highest BCUT2D eigenvalue weighted by molar-refractivity contribution is 5.10. The van der Waals surface area contributed by atoms with Gasteiger partial charge in [0, 0.05) is 24.2 Å². The number of hydrogen-bond acceptors (Lipinski definition) is 2. The Kier molecular flexibility index (Phi) is 3.31. The van der Waals surface area contributed by atoms with E-state index in [1.807, 2.05) is 25.7 Å². The molecule has 19 heavy (non-hydrogen) atoms. The highest BCUT2D eigenvalue weighted by atomic mass is 19.3. The van der Waals surface area contributed by atoms with Crippen LogP contribution in [-0.2, 0) is 0 Å². The fraction of sp³-hybridized carbons (Fsp3) is 1.00. The van der Waals surface area contributed by atoms with Crippen molar-refractivity contribution >= 4 is 0 Å². The van der Waals surface area contributed by atoms with Crippen molar-refractivity contribution in [2.45, 2.75) is 65.0 Å². The van der Waals surface area contributed by atoms with Crippen LogP contribution >= 0.6 is 0 Å². The lowest BCUT2D eigenvalue weighted by Crippen LogP contribution is -2.73. The van der Waals surface area contributed by atoms with E-state index in [2.05, 4.69) is 25.7 Å². The molecule has 0 amide bonds. The fourth-order valence-electron chi connectivity index (χ4n) is 3.14.